The predicted molar refractivity (Wildman–Crippen MR) is 78.9 cm³/mol. The van der Waals surface area contributed by atoms with Crippen LogP contribution in [-0.2, 0) is 16.6 Å². The lowest BCUT2D eigenvalue weighted by Crippen LogP contribution is -2.16. The molecule has 21 heavy (non-hydrogen) atoms. The molecule has 0 unspecified atom stereocenters. The molecule has 0 aliphatic rings. The van der Waals surface area contributed by atoms with E-state index in [0.29, 0.717) is 12.1 Å². The first-order chi connectivity index (χ1) is 9.92. The van der Waals surface area contributed by atoms with Crippen molar-refractivity contribution in [3.8, 4) is 0 Å². The highest BCUT2D eigenvalue weighted by molar-refractivity contribution is 7.92. The molecule has 0 aliphatic heterocycles. The van der Waals surface area contributed by atoms with Gasteiger partial charge in [0.15, 0.2) is 5.03 Å². The van der Waals surface area contributed by atoms with E-state index in [1.807, 2.05) is 0 Å². The Kier molecular flexibility index (Phi) is 4.54. The van der Waals surface area contributed by atoms with Crippen LogP contribution in [-0.4, -0.2) is 20.4 Å². The summed E-state index contributed by atoms with van der Waals surface area (Å²) in [4.78, 5) is 3.90. The molecule has 0 radical (unpaired) electrons. The molecule has 0 spiro atoms. The SMILES string of the molecule is CNCc1ccc(S(=O)(=O)Nc2ccc(C)cc2F)nc1. The molecule has 0 fully saturated rings. The number of aromatic nitrogens is 1. The van der Waals surface area contributed by atoms with E-state index in [4.69, 9.17) is 0 Å². The van der Waals surface area contributed by atoms with E-state index in [-0.39, 0.29) is 10.7 Å². The quantitative estimate of drug-likeness (QED) is 0.887. The monoisotopic (exact) mass is 309 g/mol. The lowest BCUT2D eigenvalue weighted by atomic mass is 10.2. The third kappa shape index (κ3) is 3.77. The Morgan fingerprint density at radius 3 is 2.57 bits per heavy atom. The average molecular weight is 309 g/mol. The van der Waals surface area contributed by atoms with Crippen molar-refractivity contribution in [1.29, 1.82) is 0 Å². The number of nitrogens with zero attached hydrogens (tertiary/aromatic N) is 1. The van der Waals surface area contributed by atoms with Gasteiger partial charge < -0.3 is 5.32 Å². The number of halogens is 1. The van der Waals surface area contributed by atoms with Gasteiger partial charge in [-0.05, 0) is 43.3 Å². The molecule has 1 aromatic heterocycles. The van der Waals surface area contributed by atoms with Crippen LogP contribution in [0.3, 0.4) is 0 Å². The Labute approximate surface area is 123 Å². The normalized spacial score (nSPS) is 11.4. The van der Waals surface area contributed by atoms with Crippen LogP contribution in [0.2, 0.25) is 0 Å². The highest BCUT2D eigenvalue weighted by Crippen LogP contribution is 2.19. The molecule has 2 N–H and O–H groups in total. The van der Waals surface area contributed by atoms with Gasteiger partial charge in [-0.3, -0.25) is 4.72 Å². The van der Waals surface area contributed by atoms with E-state index in [1.165, 1.54) is 24.4 Å². The van der Waals surface area contributed by atoms with Crippen molar-refractivity contribution in [2.24, 2.45) is 0 Å². The fourth-order valence-corrected chi connectivity index (χ4v) is 2.78. The summed E-state index contributed by atoms with van der Waals surface area (Å²) in [6, 6.07) is 7.33. The highest BCUT2D eigenvalue weighted by Gasteiger charge is 2.17. The van der Waals surface area contributed by atoms with Crippen molar-refractivity contribution < 1.29 is 12.8 Å². The molecule has 0 bridgehead atoms. The maximum Gasteiger partial charge on any atom is 0.279 e. The van der Waals surface area contributed by atoms with E-state index in [1.54, 1.807) is 26.1 Å². The largest absolute Gasteiger partial charge is 0.316 e. The molecule has 1 aromatic carbocycles. The lowest BCUT2D eigenvalue weighted by molar-refractivity contribution is 0.595. The minimum atomic E-state index is -3.90. The summed E-state index contributed by atoms with van der Waals surface area (Å²) in [7, 11) is -2.12. The fraction of sp³-hybridized carbons (Fsp3) is 0.214. The lowest BCUT2D eigenvalue weighted by Gasteiger charge is -2.09. The van der Waals surface area contributed by atoms with Crippen LogP contribution >= 0.6 is 0 Å². The van der Waals surface area contributed by atoms with Crippen LogP contribution in [0.15, 0.2) is 41.6 Å². The number of rotatable bonds is 5. The smallest absolute Gasteiger partial charge is 0.279 e. The second-order valence-electron chi connectivity index (χ2n) is 4.62. The first-order valence-corrected chi connectivity index (χ1v) is 7.79. The topological polar surface area (TPSA) is 71.1 Å². The van der Waals surface area contributed by atoms with Gasteiger partial charge >= 0.3 is 0 Å². The van der Waals surface area contributed by atoms with Gasteiger partial charge in [0.1, 0.15) is 5.82 Å². The predicted octanol–water partition coefficient (Wildman–Crippen LogP) is 2.05. The number of benzene rings is 1. The summed E-state index contributed by atoms with van der Waals surface area (Å²) in [6.45, 7) is 2.32. The zero-order valence-electron chi connectivity index (χ0n) is 11.7. The van der Waals surface area contributed by atoms with Gasteiger partial charge in [-0.1, -0.05) is 12.1 Å². The fourth-order valence-electron chi connectivity index (χ4n) is 1.78. The van der Waals surface area contributed by atoms with Crippen LogP contribution in [0.1, 0.15) is 11.1 Å². The molecule has 0 atom stereocenters. The van der Waals surface area contributed by atoms with Crippen LogP contribution in [0.4, 0.5) is 10.1 Å². The number of pyridine rings is 1. The maximum absolute atomic E-state index is 13.7. The van der Waals surface area contributed by atoms with Crippen molar-refractivity contribution in [2.45, 2.75) is 18.5 Å². The van der Waals surface area contributed by atoms with Crippen molar-refractivity contribution in [2.75, 3.05) is 11.8 Å². The zero-order chi connectivity index (χ0) is 15.5. The minimum absolute atomic E-state index is 0.0956. The average Bonchev–Trinajstić information content (AvgIpc) is 2.43. The molecule has 0 saturated heterocycles. The second-order valence-corrected chi connectivity index (χ2v) is 6.25. The van der Waals surface area contributed by atoms with Crippen LogP contribution in [0.25, 0.3) is 0 Å². The number of anilines is 1. The van der Waals surface area contributed by atoms with Crippen LogP contribution in [0.5, 0.6) is 0 Å². The third-order valence-electron chi connectivity index (χ3n) is 2.82. The van der Waals surface area contributed by atoms with E-state index < -0.39 is 15.8 Å². The van der Waals surface area contributed by atoms with Crippen molar-refractivity contribution in [3.05, 3.63) is 53.5 Å². The van der Waals surface area contributed by atoms with Gasteiger partial charge in [0.2, 0.25) is 0 Å². The van der Waals surface area contributed by atoms with Crippen molar-refractivity contribution >= 4 is 15.7 Å². The molecule has 0 saturated carbocycles. The molecule has 0 amide bonds. The zero-order valence-corrected chi connectivity index (χ0v) is 12.5. The second kappa shape index (κ2) is 6.19. The van der Waals surface area contributed by atoms with E-state index in [2.05, 4.69) is 15.0 Å². The van der Waals surface area contributed by atoms with Gasteiger partial charge in [0.05, 0.1) is 5.69 Å². The molecule has 112 valence electrons. The summed E-state index contributed by atoms with van der Waals surface area (Å²) in [5.41, 5.74) is 1.48. The summed E-state index contributed by atoms with van der Waals surface area (Å²) < 4.78 is 40.2. The Bertz CT molecular complexity index is 730. The van der Waals surface area contributed by atoms with Crippen LogP contribution < -0.4 is 10.0 Å². The Morgan fingerprint density at radius 1 is 1.24 bits per heavy atom. The number of aryl methyl sites for hydroxylation is 1. The number of sulfonamides is 1. The molecule has 0 aliphatic carbocycles. The van der Waals surface area contributed by atoms with Gasteiger partial charge in [0, 0.05) is 12.7 Å². The van der Waals surface area contributed by atoms with E-state index in [9.17, 15) is 12.8 Å². The maximum atomic E-state index is 13.7. The van der Waals surface area contributed by atoms with E-state index in [0.717, 1.165) is 5.56 Å². The number of hydrogen-bond acceptors (Lipinski definition) is 4. The molecular formula is C14H16FN3O2S. The first-order valence-electron chi connectivity index (χ1n) is 6.31. The first kappa shape index (κ1) is 15.4. The molecular weight excluding hydrogens is 293 g/mol. The third-order valence-corrected chi connectivity index (χ3v) is 4.10. The van der Waals surface area contributed by atoms with Crippen LogP contribution in [0, 0.1) is 12.7 Å². The summed E-state index contributed by atoms with van der Waals surface area (Å²) in [5.74, 6) is -0.620. The molecule has 2 aromatic rings. The Hall–Kier alpha value is -1.99. The summed E-state index contributed by atoms with van der Waals surface area (Å²) in [5, 5.41) is 2.79. The molecule has 2 rings (SSSR count). The minimum Gasteiger partial charge on any atom is -0.316 e. The Balaban J connectivity index is 2.25. The molecule has 7 heteroatoms. The number of nitrogens with one attached hydrogen (secondary N) is 2. The highest BCUT2D eigenvalue weighted by atomic mass is 32.2. The van der Waals surface area contributed by atoms with Gasteiger partial charge in [0.25, 0.3) is 10.0 Å². The van der Waals surface area contributed by atoms with Crippen molar-refractivity contribution in [1.82, 2.24) is 10.3 Å². The van der Waals surface area contributed by atoms with Gasteiger partial charge in [-0.15, -0.1) is 0 Å². The molecule has 5 nitrogen and oxygen atoms in total. The number of hydrogen-bond donors (Lipinski definition) is 2. The standard InChI is InChI=1S/C14H16FN3O2S/c1-10-3-5-13(12(15)7-10)18-21(19,20)14-6-4-11(8-16-2)9-17-14/h3-7,9,16,18H,8H2,1-2H3. The van der Waals surface area contributed by atoms with E-state index >= 15 is 0 Å². The van der Waals surface area contributed by atoms with Gasteiger partial charge in [-0.2, -0.15) is 8.42 Å². The summed E-state index contributed by atoms with van der Waals surface area (Å²) >= 11 is 0. The Morgan fingerprint density at radius 2 is 2.00 bits per heavy atom. The van der Waals surface area contributed by atoms with Gasteiger partial charge in [-0.25, -0.2) is 9.37 Å². The molecule has 1 heterocycles. The van der Waals surface area contributed by atoms with Crippen molar-refractivity contribution in [3.63, 3.8) is 0 Å². The summed E-state index contributed by atoms with van der Waals surface area (Å²) in [6.07, 6.45) is 1.47.